The summed E-state index contributed by atoms with van der Waals surface area (Å²) in [5, 5.41) is 13.9. The minimum absolute atomic E-state index is 0.0403. The van der Waals surface area contributed by atoms with E-state index in [1.807, 2.05) is 18.2 Å². The second-order valence-electron chi connectivity index (χ2n) is 6.44. The highest BCUT2D eigenvalue weighted by molar-refractivity contribution is 7.92. The van der Waals surface area contributed by atoms with Crippen molar-refractivity contribution in [1.82, 2.24) is 25.5 Å². The molecule has 4 rings (SSSR count). The number of rotatable bonds is 6. The smallest absolute Gasteiger partial charge is 0.253 e. The Labute approximate surface area is 172 Å². The first-order valence-corrected chi connectivity index (χ1v) is 10.8. The Morgan fingerprint density at radius 3 is 2.79 bits per heavy atom. The average molecular weight is 433 g/mol. The number of fused-ring (bicyclic) bond motifs is 1. The number of nitrogens with one attached hydrogen (secondary N) is 1. The van der Waals surface area contributed by atoms with Gasteiger partial charge in [0.25, 0.3) is 5.91 Å². The van der Waals surface area contributed by atoms with Crippen LogP contribution in [-0.2, 0) is 16.4 Å². The topological polar surface area (TPSA) is 110 Å². The van der Waals surface area contributed by atoms with Crippen molar-refractivity contribution >= 4 is 33.2 Å². The fourth-order valence-corrected chi connectivity index (χ4v) is 4.86. The maximum Gasteiger partial charge on any atom is 0.253 e. The van der Waals surface area contributed by atoms with Gasteiger partial charge in [-0.15, -0.1) is 5.10 Å². The monoisotopic (exact) mass is 432 g/mol. The van der Waals surface area contributed by atoms with Crippen molar-refractivity contribution in [3.05, 3.63) is 64.9 Å². The van der Waals surface area contributed by atoms with Gasteiger partial charge in [0.15, 0.2) is 0 Å². The molecule has 1 aromatic heterocycles. The maximum atomic E-state index is 12.7. The highest BCUT2D eigenvalue weighted by atomic mass is 35.5. The molecule has 0 unspecified atom stereocenters. The second kappa shape index (κ2) is 7.80. The van der Waals surface area contributed by atoms with Gasteiger partial charge in [-0.2, -0.15) is 4.68 Å². The lowest BCUT2D eigenvalue weighted by atomic mass is 10.1. The summed E-state index contributed by atoms with van der Waals surface area (Å²) in [6, 6.07) is 12.1. The Balaban J connectivity index is 1.45. The number of carbonyl (C=O) groups is 1. The van der Waals surface area contributed by atoms with E-state index < -0.39 is 15.9 Å². The van der Waals surface area contributed by atoms with Crippen molar-refractivity contribution in [2.75, 3.05) is 23.1 Å². The summed E-state index contributed by atoms with van der Waals surface area (Å²) in [5.41, 5.74) is 2.39. The van der Waals surface area contributed by atoms with Crippen LogP contribution in [0.25, 0.3) is 5.69 Å². The molecule has 0 saturated heterocycles. The van der Waals surface area contributed by atoms with Crippen molar-refractivity contribution < 1.29 is 13.2 Å². The minimum atomic E-state index is -3.56. The number of aromatic nitrogens is 4. The van der Waals surface area contributed by atoms with Crippen molar-refractivity contribution in [3.8, 4) is 5.69 Å². The summed E-state index contributed by atoms with van der Waals surface area (Å²) in [6.07, 6.45) is 2.04. The molecule has 2 aromatic carbocycles. The van der Waals surface area contributed by atoms with E-state index >= 15 is 0 Å². The fraction of sp³-hybridized carbons (Fsp3) is 0.222. The molecular weight excluding hydrogens is 416 g/mol. The molecule has 0 atom stereocenters. The van der Waals surface area contributed by atoms with Gasteiger partial charge in [-0.05, 0) is 46.7 Å². The zero-order chi connectivity index (χ0) is 20.4. The summed E-state index contributed by atoms with van der Waals surface area (Å²) in [6.45, 7) is 0.370. The van der Waals surface area contributed by atoms with Crippen LogP contribution in [-0.4, -0.2) is 53.4 Å². The molecule has 9 nitrogen and oxygen atoms in total. The SMILES string of the molecule is O=C(NCCS(=O)(=O)N1CCc2ccccc21)c1cc(Cl)ccc1-n1cnnn1. The number of amides is 1. The van der Waals surface area contributed by atoms with Crippen molar-refractivity contribution in [3.63, 3.8) is 0 Å². The van der Waals surface area contributed by atoms with Crippen molar-refractivity contribution in [2.24, 2.45) is 0 Å². The zero-order valence-electron chi connectivity index (χ0n) is 15.2. The predicted molar refractivity (Wildman–Crippen MR) is 108 cm³/mol. The standard InChI is InChI=1S/C18H17ClN6O3S/c19-14-5-6-17(24-12-21-22-23-24)15(11-14)18(26)20-8-10-29(27,28)25-9-7-13-3-1-2-4-16(13)25/h1-6,11-12H,7-10H2,(H,20,26). The normalized spacial score (nSPS) is 13.3. The van der Waals surface area contributed by atoms with Crippen LogP contribution in [0.4, 0.5) is 5.69 Å². The molecule has 0 saturated carbocycles. The number of halogens is 1. The molecule has 0 radical (unpaired) electrons. The van der Waals surface area contributed by atoms with E-state index in [2.05, 4.69) is 20.8 Å². The van der Waals surface area contributed by atoms with Crippen molar-refractivity contribution in [2.45, 2.75) is 6.42 Å². The van der Waals surface area contributed by atoms with Crippen LogP contribution < -0.4 is 9.62 Å². The number of anilines is 1. The third kappa shape index (κ3) is 3.94. The molecule has 1 amide bonds. The number of tetrazole rings is 1. The van der Waals surface area contributed by atoms with E-state index in [-0.39, 0.29) is 17.9 Å². The molecule has 0 fully saturated rings. The molecule has 1 aliphatic rings. The van der Waals surface area contributed by atoms with Gasteiger partial charge in [0.05, 0.1) is 22.7 Å². The van der Waals surface area contributed by atoms with Gasteiger partial charge in [-0.3, -0.25) is 9.10 Å². The van der Waals surface area contributed by atoms with Crippen LogP contribution in [0.2, 0.25) is 5.02 Å². The molecule has 0 bridgehead atoms. The first-order valence-electron chi connectivity index (χ1n) is 8.85. The zero-order valence-corrected chi connectivity index (χ0v) is 16.8. The summed E-state index contributed by atoms with van der Waals surface area (Å²) < 4.78 is 28.2. The van der Waals surface area contributed by atoms with E-state index in [1.165, 1.54) is 21.4 Å². The third-order valence-corrected chi connectivity index (χ3v) is 6.63. The number of nitrogens with zero attached hydrogens (tertiary/aromatic N) is 5. The molecule has 150 valence electrons. The Hall–Kier alpha value is -2.98. The minimum Gasteiger partial charge on any atom is -0.351 e. The number of carbonyl (C=O) groups excluding carboxylic acids is 1. The first kappa shape index (κ1) is 19.3. The fourth-order valence-electron chi connectivity index (χ4n) is 3.26. The van der Waals surface area contributed by atoms with Crippen LogP contribution >= 0.6 is 11.6 Å². The number of hydrogen-bond acceptors (Lipinski definition) is 6. The van der Waals surface area contributed by atoms with Gasteiger partial charge >= 0.3 is 0 Å². The van der Waals surface area contributed by atoms with E-state index in [9.17, 15) is 13.2 Å². The summed E-state index contributed by atoms with van der Waals surface area (Å²) in [5.74, 6) is -0.677. The molecule has 3 aromatic rings. The Bertz CT molecular complexity index is 1150. The van der Waals surface area contributed by atoms with Crippen molar-refractivity contribution in [1.29, 1.82) is 0 Å². The molecular formula is C18H17ClN6O3S. The van der Waals surface area contributed by atoms with Crippen LogP contribution in [0.3, 0.4) is 0 Å². The van der Waals surface area contributed by atoms with Gasteiger partial charge in [0.2, 0.25) is 10.0 Å². The lowest BCUT2D eigenvalue weighted by molar-refractivity contribution is 0.0956. The summed E-state index contributed by atoms with van der Waals surface area (Å²) in [4.78, 5) is 12.7. The summed E-state index contributed by atoms with van der Waals surface area (Å²) >= 11 is 6.02. The number of hydrogen-bond donors (Lipinski definition) is 1. The average Bonchev–Trinajstić information content (AvgIpc) is 3.38. The maximum absolute atomic E-state index is 12.7. The summed E-state index contributed by atoms with van der Waals surface area (Å²) in [7, 11) is -3.56. The van der Waals surface area contributed by atoms with E-state index in [0.29, 0.717) is 29.4 Å². The molecule has 0 aliphatic carbocycles. The Morgan fingerprint density at radius 2 is 2.00 bits per heavy atom. The lowest BCUT2D eigenvalue weighted by Gasteiger charge is -2.19. The molecule has 1 aliphatic heterocycles. The molecule has 0 spiro atoms. The van der Waals surface area contributed by atoms with Crippen LogP contribution in [0.5, 0.6) is 0 Å². The highest BCUT2D eigenvalue weighted by Crippen LogP contribution is 2.29. The van der Waals surface area contributed by atoms with E-state index in [1.54, 1.807) is 18.2 Å². The van der Waals surface area contributed by atoms with Crippen LogP contribution in [0.15, 0.2) is 48.8 Å². The molecule has 11 heteroatoms. The van der Waals surface area contributed by atoms with Gasteiger partial charge in [-0.1, -0.05) is 29.8 Å². The highest BCUT2D eigenvalue weighted by Gasteiger charge is 2.28. The number of sulfonamides is 1. The first-order chi connectivity index (χ1) is 14.0. The van der Waals surface area contributed by atoms with Gasteiger partial charge in [0.1, 0.15) is 6.33 Å². The Morgan fingerprint density at radius 1 is 1.17 bits per heavy atom. The van der Waals surface area contributed by atoms with Gasteiger partial charge < -0.3 is 5.32 Å². The van der Waals surface area contributed by atoms with E-state index in [0.717, 1.165) is 5.56 Å². The number of benzene rings is 2. The molecule has 2 heterocycles. The predicted octanol–water partition coefficient (Wildman–Crippen LogP) is 1.44. The van der Waals surface area contributed by atoms with Gasteiger partial charge in [0, 0.05) is 18.1 Å². The van der Waals surface area contributed by atoms with E-state index in [4.69, 9.17) is 11.6 Å². The van der Waals surface area contributed by atoms with Crippen LogP contribution in [0.1, 0.15) is 15.9 Å². The molecule has 1 N–H and O–H groups in total. The number of para-hydroxylation sites is 1. The Kier molecular flexibility index (Phi) is 5.20. The molecule has 29 heavy (non-hydrogen) atoms. The third-order valence-electron chi connectivity index (χ3n) is 4.62. The van der Waals surface area contributed by atoms with Gasteiger partial charge in [-0.25, -0.2) is 8.42 Å². The largest absolute Gasteiger partial charge is 0.351 e. The van der Waals surface area contributed by atoms with Crippen LogP contribution in [0, 0.1) is 0 Å². The lowest BCUT2D eigenvalue weighted by Crippen LogP contribution is -2.37. The second-order valence-corrected chi connectivity index (χ2v) is 8.89. The quantitative estimate of drug-likeness (QED) is 0.631.